The van der Waals surface area contributed by atoms with Crippen molar-refractivity contribution >= 4 is 17.3 Å². The Morgan fingerprint density at radius 3 is 2.41 bits per heavy atom. The van der Waals surface area contributed by atoms with Crippen LogP contribution in [-0.2, 0) is 4.79 Å². The van der Waals surface area contributed by atoms with Gasteiger partial charge in [0.2, 0.25) is 0 Å². The molecule has 0 bridgehead atoms. The van der Waals surface area contributed by atoms with Crippen molar-refractivity contribution in [3.05, 3.63) is 52.8 Å². The number of aromatic nitrogens is 1. The molecule has 0 amide bonds. The van der Waals surface area contributed by atoms with E-state index in [9.17, 15) is 22.8 Å². The Hall–Kier alpha value is -3.07. The zero-order valence-corrected chi connectivity index (χ0v) is 15.7. The molecule has 0 radical (unpaired) electrons. The number of ether oxygens (including phenoxy) is 1. The van der Waals surface area contributed by atoms with Gasteiger partial charge in [0, 0.05) is 6.42 Å². The summed E-state index contributed by atoms with van der Waals surface area (Å²) < 4.78 is 45.0. The van der Waals surface area contributed by atoms with Crippen molar-refractivity contribution < 1.29 is 27.2 Å². The molecule has 1 aromatic heterocycles. The van der Waals surface area contributed by atoms with Crippen LogP contribution in [0.15, 0.2) is 51.8 Å². The fourth-order valence-corrected chi connectivity index (χ4v) is 2.51. The van der Waals surface area contributed by atoms with Crippen LogP contribution in [0.25, 0.3) is 22.1 Å². The number of aldehydes is 1. The van der Waals surface area contributed by atoms with Gasteiger partial charge >= 0.3 is 6.36 Å². The van der Waals surface area contributed by atoms with E-state index in [-0.39, 0.29) is 11.3 Å². The highest BCUT2D eigenvalue weighted by Gasteiger charge is 2.30. The number of hydrogen-bond donors (Lipinski definition) is 2. The molecule has 0 atom stereocenters. The molecule has 3 rings (SSSR count). The highest BCUT2D eigenvalue weighted by atomic mass is 19.4. The van der Waals surface area contributed by atoms with Crippen molar-refractivity contribution in [3.63, 3.8) is 0 Å². The lowest BCUT2D eigenvalue weighted by atomic mass is 10.0. The van der Waals surface area contributed by atoms with Crippen LogP contribution in [-0.4, -0.2) is 31.4 Å². The third-order valence-electron chi connectivity index (χ3n) is 3.90. The van der Waals surface area contributed by atoms with E-state index in [1.165, 1.54) is 24.3 Å². The lowest BCUT2D eigenvalue weighted by Crippen LogP contribution is -2.16. The highest BCUT2D eigenvalue weighted by Crippen LogP contribution is 2.27. The van der Waals surface area contributed by atoms with E-state index in [0.717, 1.165) is 25.7 Å². The number of carbonyl (C=O) groups is 1. The third kappa shape index (κ3) is 7.11. The minimum atomic E-state index is -4.72. The van der Waals surface area contributed by atoms with Gasteiger partial charge in [0.15, 0.2) is 5.58 Å². The molecule has 0 saturated heterocycles. The van der Waals surface area contributed by atoms with E-state index in [4.69, 9.17) is 4.52 Å². The van der Waals surface area contributed by atoms with E-state index in [0.29, 0.717) is 28.5 Å². The maximum atomic E-state index is 12.1. The molecule has 9 heteroatoms. The van der Waals surface area contributed by atoms with E-state index < -0.39 is 6.36 Å². The lowest BCUT2D eigenvalue weighted by molar-refractivity contribution is -0.274. The standard InChI is InChI=1S/C14H8F3NO3.C6H13NO/c15-14(16,17)20-10-4-1-8(2-5-10)9-3-6-12-11(7-9)13(19)18-21-12;1-7-5-3-2-4-6-8/h1-7H,(H,18,19);6-7H,2-5H2,1H3. The highest BCUT2D eigenvalue weighted by molar-refractivity contribution is 5.82. The quantitative estimate of drug-likeness (QED) is 0.449. The first-order valence-electron chi connectivity index (χ1n) is 8.89. The summed E-state index contributed by atoms with van der Waals surface area (Å²) in [5.74, 6) is -0.298. The second-order valence-corrected chi connectivity index (χ2v) is 6.08. The van der Waals surface area contributed by atoms with Crippen LogP contribution in [0.3, 0.4) is 0 Å². The summed E-state index contributed by atoms with van der Waals surface area (Å²) in [5, 5.41) is 5.60. The molecule has 0 unspecified atom stereocenters. The van der Waals surface area contributed by atoms with Crippen molar-refractivity contribution in [1.82, 2.24) is 10.5 Å². The maximum absolute atomic E-state index is 12.1. The summed E-state index contributed by atoms with van der Waals surface area (Å²) in [6.07, 6.45) is -0.915. The number of unbranched alkanes of at least 4 members (excludes halogenated alkanes) is 2. The Balaban J connectivity index is 0.000000321. The molecule has 2 aromatic carbocycles. The zero-order chi connectivity index (χ0) is 21.3. The number of rotatable bonds is 7. The summed E-state index contributed by atoms with van der Waals surface area (Å²) in [5.41, 5.74) is 1.41. The molecule has 1 heterocycles. The lowest BCUT2D eigenvalue weighted by Gasteiger charge is -2.09. The van der Waals surface area contributed by atoms with Gasteiger partial charge < -0.3 is 19.4 Å². The number of halogens is 3. The minimum Gasteiger partial charge on any atom is -0.406 e. The average Bonchev–Trinajstić information content (AvgIpc) is 3.06. The summed E-state index contributed by atoms with van der Waals surface area (Å²) in [7, 11) is 1.92. The van der Waals surface area contributed by atoms with Gasteiger partial charge in [0.1, 0.15) is 12.0 Å². The molecule has 0 spiro atoms. The molecule has 0 aliphatic heterocycles. The third-order valence-corrected chi connectivity index (χ3v) is 3.90. The van der Waals surface area contributed by atoms with Crippen LogP contribution in [0.1, 0.15) is 19.3 Å². The van der Waals surface area contributed by atoms with Crippen LogP contribution in [0.2, 0.25) is 0 Å². The number of H-pyrrole nitrogens is 1. The predicted molar refractivity (Wildman–Crippen MR) is 103 cm³/mol. The molecule has 0 aliphatic rings. The van der Waals surface area contributed by atoms with Gasteiger partial charge in [0.25, 0.3) is 5.56 Å². The molecule has 29 heavy (non-hydrogen) atoms. The SMILES string of the molecule is CNCCCCC=O.O=c1[nH]oc2ccc(-c3ccc(OC(F)(F)F)cc3)cc12. The number of carbonyl (C=O) groups excluding carboxylic acids is 1. The first-order chi connectivity index (χ1) is 13.8. The van der Waals surface area contributed by atoms with Gasteiger partial charge in [-0.25, -0.2) is 0 Å². The number of benzene rings is 2. The number of hydrogen-bond acceptors (Lipinski definition) is 5. The fourth-order valence-electron chi connectivity index (χ4n) is 2.51. The molecule has 0 fully saturated rings. The molecule has 3 aromatic rings. The number of alkyl halides is 3. The van der Waals surface area contributed by atoms with E-state index >= 15 is 0 Å². The molecule has 6 nitrogen and oxygen atoms in total. The van der Waals surface area contributed by atoms with E-state index in [1.807, 2.05) is 7.05 Å². The van der Waals surface area contributed by atoms with Gasteiger partial charge in [0.05, 0.1) is 5.39 Å². The topological polar surface area (TPSA) is 84.3 Å². The normalized spacial score (nSPS) is 11.0. The Labute approximate surface area is 164 Å². The van der Waals surface area contributed by atoms with Crippen LogP contribution < -0.4 is 15.6 Å². The van der Waals surface area contributed by atoms with Gasteiger partial charge in [-0.3, -0.25) is 4.79 Å². The Bertz CT molecular complexity index is 962. The molecule has 0 aliphatic carbocycles. The monoisotopic (exact) mass is 410 g/mol. The Morgan fingerprint density at radius 1 is 1.10 bits per heavy atom. The summed E-state index contributed by atoms with van der Waals surface area (Å²) in [4.78, 5) is 21.2. The van der Waals surface area contributed by atoms with Gasteiger partial charge in [-0.15, -0.1) is 13.2 Å². The largest absolute Gasteiger partial charge is 0.573 e. The fraction of sp³-hybridized carbons (Fsp3) is 0.300. The van der Waals surface area contributed by atoms with Crippen LogP contribution in [0.4, 0.5) is 13.2 Å². The molecular formula is C20H21F3N2O4. The molecule has 2 N–H and O–H groups in total. The van der Waals surface area contributed by atoms with Gasteiger partial charge in [-0.05, 0) is 61.8 Å². The van der Waals surface area contributed by atoms with Crippen molar-refractivity contribution in [2.24, 2.45) is 0 Å². The van der Waals surface area contributed by atoms with Crippen molar-refractivity contribution in [2.45, 2.75) is 25.6 Å². The number of aromatic amines is 1. The second kappa shape index (κ2) is 10.5. The zero-order valence-electron chi connectivity index (χ0n) is 15.7. The Kier molecular flexibility index (Phi) is 8.02. The van der Waals surface area contributed by atoms with Crippen LogP contribution in [0, 0.1) is 0 Å². The first-order valence-corrected chi connectivity index (χ1v) is 8.89. The van der Waals surface area contributed by atoms with Crippen LogP contribution >= 0.6 is 0 Å². The minimum absolute atomic E-state index is 0.298. The van der Waals surface area contributed by atoms with E-state index in [1.54, 1.807) is 18.2 Å². The van der Waals surface area contributed by atoms with Gasteiger partial charge in [-0.1, -0.05) is 18.2 Å². The summed E-state index contributed by atoms with van der Waals surface area (Å²) in [6, 6.07) is 10.3. The molecule has 0 saturated carbocycles. The Morgan fingerprint density at radius 2 is 1.79 bits per heavy atom. The summed E-state index contributed by atoms with van der Waals surface area (Å²) in [6.45, 7) is 1.02. The first kappa shape index (κ1) is 22.2. The van der Waals surface area contributed by atoms with Crippen LogP contribution in [0.5, 0.6) is 5.75 Å². The van der Waals surface area contributed by atoms with Gasteiger partial charge in [-0.2, -0.15) is 5.16 Å². The average molecular weight is 410 g/mol. The molecule has 156 valence electrons. The second-order valence-electron chi connectivity index (χ2n) is 6.08. The smallest absolute Gasteiger partial charge is 0.406 e. The van der Waals surface area contributed by atoms with Crippen molar-refractivity contribution in [3.8, 4) is 16.9 Å². The number of nitrogens with one attached hydrogen (secondary N) is 2. The van der Waals surface area contributed by atoms with Crippen molar-refractivity contribution in [1.29, 1.82) is 0 Å². The maximum Gasteiger partial charge on any atom is 0.573 e. The summed E-state index contributed by atoms with van der Waals surface area (Å²) >= 11 is 0. The number of fused-ring (bicyclic) bond motifs is 1. The van der Waals surface area contributed by atoms with Crippen molar-refractivity contribution in [2.75, 3.05) is 13.6 Å². The predicted octanol–water partition coefficient (Wildman–Crippen LogP) is 4.26. The molecular weight excluding hydrogens is 389 g/mol. The van der Waals surface area contributed by atoms with E-state index in [2.05, 4.69) is 15.2 Å².